The van der Waals surface area contributed by atoms with E-state index in [1.54, 1.807) is 38.1 Å². The molecule has 0 bridgehead atoms. The summed E-state index contributed by atoms with van der Waals surface area (Å²) in [6, 6.07) is 0. The SMILES string of the molecule is CP(C)(=O)c1cnn(-c2ncc(Br)cn2)c1. The third-order valence-corrected chi connectivity index (χ3v) is 3.89. The van der Waals surface area contributed by atoms with E-state index in [0.717, 1.165) is 9.78 Å². The smallest absolute Gasteiger partial charge is 0.250 e. The standard InChI is InChI=1S/C9H10BrN4OP/c1-16(2,15)8-5-13-14(6-8)9-11-3-7(10)4-12-9/h3-6H,1-2H3. The highest BCUT2D eigenvalue weighted by molar-refractivity contribution is 9.10. The average Bonchev–Trinajstić information content (AvgIpc) is 2.67. The van der Waals surface area contributed by atoms with Gasteiger partial charge in [-0.15, -0.1) is 0 Å². The Balaban J connectivity index is 2.39. The van der Waals surface area contributed by atoms with Gasteiger partial charge in [-0.25, -0.2) is 14.6 Å². The van der Waals surface area contributed by atoms with Crippen LogP contribution in [-0.2, 0) is 4.57 Å². The zero-order chi connectivity index (χ0) is 11.8. The molecular weight excluding hydrogens is 291 g/mol. The summed E-state index contributed by atoms with van der Waals surface area (Å²) in [7, 11) is -2.28. The van der Waals surface area contributed by atoms with E-state index in [-0.39, 0.29) is 0 Å². The monoisotopic (exact) mass is 300 g/mol. The van der Waals surface area contributed by atoms with Crippen LogP contribution in [0.15, 0.2) is 29.3 Å². The van der Waals surface area contributed by atoms with Gasteiger partial charge in [-0.2, -0.15) is 5.10 Å². The second-order valence-corrected chi connectivity index (χ2v) is 7.83. The van der Waals surface area contributed by atoms with E-state index in [2.05, 4.69) is 31.0 Å². The summed E-state index contributed by atoms with van der Waals surface area (Å²) in [5, 5.41) is 4.81. The van der Waals surface area contributed by atoms with E-state index in [1.807, 2.05) is 0 Å². The van der Waals surface area contributed by atoms with Crippen LogP contribution in [0.2, 0.25) is 0 Å². The molecule has 5 nitrogen and oxygen atoms in total. The molecule has 0 saturated heterocycles. The van der Waals surface area contributed by atoms with E-state index < -0.39 is 7.14 Å². The number of halogens is 1. The predicted octanol–water partition coefficient (Wildman–Crippen LogP) is 1.67. The molecule has 0 atom stereocenters. The van der Waals surface area contributed by atoms with Crippen molar-refractivity contribution in [3.05, 3.63) is 29.3 Å². The molecule has 16 heavy (non-hydrogen) atoms. The Kier molecular flexibility index (Phi) is 2.95. The first-order valence-electron chi connectivity index (χ1n) is 4.55. The van der Waals surface area contributed by atoms with Crippen LogP contribution in [0.5, 0.6) is 0 Å². The second-order valence-electron chi connectivity index (χ2n) is 3.70. The highest BCUT2D eigenvalue weighted by Gasteiger charge is 2.14. The molecule has 2 heterocycles. The fourth-order valence-electron chi connectivity index (χ4n) is 1.12. The van der Waals surface area contributed by atoms with Gasteiger partial charge in [0, 0.05) is 23.9 Å². The van der Waals surface area contributed by atoms with Crippen LogP contribution >= 0.6 is 23.1 Å². The van der Waals surface area contributed by atoms with Crippen LogP contribution in [0.1, 0.15) is 0 Å². The van der Waals surface area contributed by atoms with E-state index in [0.29, 0.717) is 5.95 Å². The minimum Gasteiger partial charge on any atom is -0.319 e. The Morgan fingerprint density at radius 1 is 1.25 bits per heavy atom. The summed E-state index contributed by atoms with van der Waals surface area (Å²) in [4.78, 5) is 8.19. The summed E-state index contributed by atoms with van der Waals surface area (Å²) in [6.07, 6.45) is 6.57. The van der Waals surface area contributed by atoms with Gasteiger partial charge >= 0.3 is 0 Å². The predicted molar refractivity (Wildman–Crippen MR) is 65.9 cm³/mol. The first-order valence-corrected chi connectivity index (χ1v) is 7.94. The van der Waals surface area contributed by atoms with Gasteiger partial charge in [0.1, 0.15) is 7.14 Å². The first kappa shape index (κ1) is 11.5. The Labute approximate surface area is 101 Å². The molecule has 0 unspecified atom stereocenters. The maximum atomic E-state index is 11.8. The lowest BCUT2D eigenvalue weighted by Gasteiger charge is -2.01. The molecule has 0 fully saturated rings. The third-order valence-electron chi connectivity index (χ3n) is 2.00. The van der Waals surface area contributed by atoms with E-state index in [4.69, 9.17) is 0 Å². The summed E-state index contributed by atoms with van der Waals surface area (Å²) in [5.74, 6) is 0.461. The molecule has 7 heteroatoms. The quantitative estimate of drug-likeness (QED) is 0.792. The Morgan fingerprint density at radius 2 is 1.88 bits per heavy atom. The third kappa shape index (κ3) is 2.39. The Bertz CT molecular complexity index is 545. The van der Waals surface area contributed by atoms with Crippen molar-refractivity contribution in [1.29, 1.82) is 0 Å². The molecule has 2 aromatic rings. The number of aromatic nitrogens is 4. The second kappa shape index (κ2) is 4.11. The van der Waals surface area contributed by atoms with E-state index in [9.17, 15) is 4.57 Å². The first-order chi connectivity index (χ1) is 7.47. The van der Waals surface area contributed by atoms with Gasteiger partial charge in [-0.3, -0.25) is 0 Å². The van der Waals surface area contributed by atoms with Gasteiger partial charge < -0.3 is 4.57 Å². The lowest BCUT2D eigenvalue weighted by atomic mass is 10.7. The minimum atomic E-state index is -2.28. The van der Waals surface area contributed by atoms with Crippen LogP contribution in [0.4, 0.5) is 0 Å². The molecule has 0 amide bonds. The Morgan fingerprint density at radius 3 is 2.38 bits per heavy atom. The number of nitrogens with zero attached hydrogens (tertiary/aromatic N) is 4. The van der Waals surface area contributed by atoms with Gasteiger partial charge in [-0.05, 0) is 29.3 Å². The molecular formula is C9H10BrN4OP. The van der Waals surface area contributed by atoms with Gasteiger partial charge in [0.05, 0.1) is 10.7 Å². The molecule has 0 spiro atoms. The van der Waals surface area contributed by atoms with Crippen molar-refractivity contribution in [2.24, 2.45) is 0 Å². The lowest BCUT2D eigenvalue weighted by Crippen LogP contribution is -2.02. The zero-order valence-corrected chi connectivity index (χ0v) is 11.3. The van der Waals surface area contributed by atoms with Crippen molar-refractivity contribution >= 4 is 28.4 Å². The largest absolute Gasteiger partial charge is 0.319 e. The number of rotatable bonds is 2. The van der Waals surface area contributed by atoms with Gasteiger partial charge in [0.25, 0.3) is 5.95 Å². The molecule has 0 saturated carbocycles. The van der Waals surface area contributed by atoms with Crippen LogP contribution in [0.3, 0.4) is 0 Å². The highest BCUT2D eigenvalue weighted by atomic mass is 79.9. The van der Waals surface area contributed by atoms with Crippen molar-refractivity contribution in [2.45, 2.75) is 0 Å². The summed E-state index contributed by atoms with van der Waals surface area (Å²) < 4.78 is 14.1. The number of hydrogen-bond donors (Lipinski definition) is 0. The number of hydrogen-bond acceptors (Lipinski definition) is 4. The summed E-state index contributed by atoms with van der Waals surface area (Å²) in [6.45, 7) is 3.41. The van der Waals surface area contributed by atoms with Crippen LogP contribution < -0.4 is 5.30 Å². The van der Waals surface area contributed by atoms with Crippen molar-refractivity contribution in [3.8, 4) is 5.95 Å². The maximum Gasteiger partial charge on any atom is 0.250 e. The molecule has 2 rings (SSSR count). The maximum absolute atomic E-state index is 11.8. The minimum absolute atomic E-state index is 0.461. The van der Waals surface area contributed by atoms with Crippen molar-refractivity contribution in [2.75, 3.05) is 13.3 Å². The van der Waals surface area contributed by atoms with Crippen molar-refractivity contribution in [1.82, 2.24) is 19.7 Å². The summed E-state index contributed by atoms with van der Waals surface area (Å²) in [5.41, 5.74) is 0. The molecule has 84 valence electrons. The molecule has 2 aromatic heterocycles. The topological polar surface area (TPSA) is 60.7 Å². The molecule has 0 aliphatic heterocycles. The summed E-state index contributed by atoms with van der Waals surface area (Å²) >= 11 is 3.26. The average molecular weight is 301 g/mol. The lowest BCUT2D eigenvalue weighted by molar-refractivity contribution is 0.588. The Hall–Kier alpha value is -1.00. The molecule has 0 aliphatic rings. The highest BCUT2D eigenvalue weighted by Crippen LogP contribution is 2.34. The van der Waals surface area contributed by atoms with Crippen LogP contribution in [0, 0.1) is 0 Å². The molecule has 0 aromatic carbocycles. The van der Waals surface area contributed by atoms with Crippen molar-refractivity contribution < 1.29 is 4.57 Å². The van der Waals surface area contributed by atoms with E-state index >= 15 is 0 Å². The van der Waals surface area contributed by atoms with Crippen molar-refractivity contribution in [3.63, 3.8) is 0 Å². The zero-order valence-electron chi connectivity index (χ0n) is 8.83. The van der Waals surface area contributed by atoms with E-state index in [1.165, 1.54) is 4.68 Å². The normalized spacial score (nSPS) is 11.7. The van der Waals surface area contributed by atoms with Crippen LogP contribution in [-0.4, -0.2) is 33.1 Å². The fraction of sp³-hybridized carbons (Fsp3) is 0.222. The van der Waals surface area contributed by atoms with Gasteiger partial charge in [0.2, 0.25) is 0 Å². The molecule has 0 radical (unpaired) electrons. The van der Waals surface area contributed by atoms with Gasteiger partial charge in [0.15, 0.2) is 0 Å². The fourth-order valence-corrected chi connectivity index (χ4v) is 2.05. The van der Waals surface area contributed by atoms with Crippen LogP contribution in [0.25, 0.3) is 5.95 Å². The molecule has 0 N–H and O–H groups in total. The molecule has 0 aliphatic carbocycles. The van der Waals surface area contributed by atoms with Gasteiger partial charge in [-0.1, -0.05) is 0 Å².